The number of carbonyl (C=O) groups excluding carboxylic acids is 2. The number of benzene rings is 2. The predicted molar refractivity (Wildman–Crippen MR) is 130 cm³/mol. The van der Waals surface area contributed by atoms with Gasteiger partial charge in [0.15, 0.2) is 5.54 Å². The summed E-state index contributed by atoms with van der Waals surface area (Å²) in [5.41, 5.74) is 1.71. The fourth-order valence-electron chi connectivity index (χ4n) is 5.26. The monoisotopic (exact) mass is 480 g/mol. The number of hydrogen-bond acceptors (Lipinski definition) is 5. The number of nitrogens with one attached hydrogen (secondary N) is 1. The van der Waals surface area contributed by atoms with Crippen LogP contribution < -0.4 is 5.32 Å². The maximum absolute atomic E-state index is 13.6. The molecule has 1 fully saturated rings. The van der Waals surface area contributed by atoms with Gasteiger partial charge in [0, 0.05) is 26.0 Å². The van der Waals surface area contributed by atoms with Gasteiger partial charge in [-0.25, -0.2) is 9.59 Å². The van der Waals surface area contributed by atoms with E-state index in [9.17, 15) is 19.5 Å². The Labute approximate surface area is 205 Å². The van der Waals surface area contributed by atoms with Crippen LogP contribution in [0.2, 0.25) is 0 Å². The fourth-order valence-corrected chi connectivity index (χ4v) is 5.26. The van der Waals surface area contributed by atoms with Gasteiger partial charge in [-0.05, 0) is 35.1 Å². The lowest BCUT2D eigenvalue weighted by atomic mass is 9.87. The molecule has 2 aromatic carbocycles. The van der Waals surface area contributed by atoms with Crippen molar-refractivity contribution in [3.05, 3.63) is 59.7 Å². The Balaban J connectivity index is 1.50. The molecule has 0 spiro atoms. The van der Waals surface area contributed by atoms with E-state index in [4.69, 9.17) is 9.47 Å². The number of ether oxygens (including phenoxy) is 2. The van der Waals surface area contributed by atoms with E-state index in [1.54, 1.807) is 13.8 Å². The van der Waals surface area contributed by atoms with Gasteiger partial charge in [-0.2, -0.15) is 0 Å². The third kappa shape index (κ3) is 4.16. The molecule has 1 heterocycles. The second-order valence-electron chi connectivity index (χ2n) is 9.24. The van der Waals surface area contributed by atoms with E-state index < -0.39 is 29.0 Å². The van der Waals surface area contributed by atoms with Crippen LogP contribution >= 0.6 is 0 Å². The minimum atomic E-state index is -1.45. The summed E-state index contributed by atoms with van der Waals surface area (Å²) < 4.78 is 11.0. The summed E-state index contributed by atoms with van der Waals surface area (Å²) in [6.45, 7) is 3.88. The van der Waals surface area contributed by atoms with Gasteiger partial charge >= 0.3 is 12.1 Å². The molecule has 1 atom stereocenters. The van der Waals surface area contributed by atoms with Crippen LogP contribution in [0, 0.1) is 0 Å². The first-order chi connectivity index (χ1) is 16.8. The van der Waals surface area contributed by atoms with Gasteiger partial charge in [-0.3, -0.25) is 4.79 Å². The molecule has 0 radical (unpaired) electrons. The van der Waals surface area contributed by atoms with Crippen molar-refractivity contribution in [3.8, 4) is 11.1 Å². The molecular weight excluding hydrogens is 448 g/mol. The van der Waals surface area contributed by atoms with Crippen molar-refractivity contribution in [1.82, 2.24) is 10.2 Å². The second kappa shape index (κ2) is 9.70. The molecule has 8 nitrogen and oxygen atoms in total. The lowest BCUT2D eigenvalue weighted by molar-refractivity contribution is -0.160. The maximum Gasteiger partial charge on any atom is 0.408 e. The SMILES string of the molecule is CCC(CC)(NC(=O)OCC1c2ccccc2-c2ccccc21)C(=O)N(C)C1(C(=O)O)CCOC1. The highest BCUT2D eigenvalue weighted by Crippen LogP contribution is 2.44. The van der Waals surface area contributed by atoms with Gasteiger partial charge < -0.3 is 24.8 Å². The molecule has 1 aliphatic heterocycles. The quantitative estimate of drug-likeness (QED) is 0.596. The summed E-state index contributed by atoms with van der Waals surface area (Å²) in [7, 11) is 1.46. The van der Waals surface area contributed by atoms with Gasteiger partial charge in [-0.1, -0.05) is 62.4 Å². The molecule has 2 amide bonds. The van der Waals surface area contributed by atoms with Gasteiger partial charge in [0.05, 0.1) is 6.61 Å². The van der Waals surface area contributed by atoms with Crippen LogP contribution in [0.25, 0.3) is 11.1 Å². The highest BCUT2D eigenvalue weighted by atomic mass is 16.5. The van der Waals surface area contributed by atoms with Crippen molar-refractivity contribution in [2.45, 2.75) is 50.1 Å². The number of likely N-dealkylation sites (N-methyl/N-ethyl adjacent to an activating group) is 1. The standard InChI is InChI=1S/C27H32N2O6/c1-4-26(5-2,23(30)29(3)27(24(31)32)14-15-34-17-27)28-25(33)35-16-22-20-12-8-6-10-18(20)19-11-7-9-13-21(19)22/h6-13,22H,4-5,14-17H2,1-3H3,(H,28,33)(H,31,32). The van der Waals surface area contributed by atoms with Gasteiger partial charge in [0.1, 0.15) is 12.1 Å². The number of hydrogen-bond donors (Lipinski definition) is 2. The van der Waals surface area contributed by atoms with Crippen molar-refractivity contribution in [2.75, 3.05) is 26.9 Å². The minimum absolute atomic E-state index is 0.0843. The molecule has 0 aromatic heterocycles. The topological polar surface area (TPSA) is 105 Å². The molecule has 35 heavy (non-hydrogen) atoms. The Morgan fingerprint density at radius 2 is 1.66 bits per heavy atom. The van der Waals surface area contributed by atoms with E-state index in [1.165, 1.54) is 11.9 Å². The fraction of sp³-hybridized carbons (Fsp3) is 0.444. The Kier molecular flexibility index (Phi) is 6.85. The lowest BCUT2D eigenvalue weighted by Gasteiger charge is -2.41. The van der Waals surface area contributed by atoms with Crippen molar-refractivity contribution in [2.24, 2.45) is 0 Å². The van der Waals surface area contributed by atoms with E-state index >= 15 is 0 Å². The van der Waals surface area contributed by atoms with Crippen LogP contribution in [-0.2, 0) is 19.1 Å². The number of carbonyl (C=O) groups is 3. The Bertz CT molecular complexity index is 1070. The highest BCUT2D eigenvalue weighted by Gasteiger charge is 2.52. The second-order valence-corrected chi connectivity index (χ2v) is 9.24. The highest BCUT2D eigenvalue weighted by molar-refractivity contribution is 5.94. The molecule has 0 bridgehead atoms. The van der Waals surface area contributed by atoms with Crippen LogP contribution in [0.15, 0.2) is 48.5 Å². The number of carboxylic acids is 1. The predicted octanol–water partition coefficient (Wildman–Crippen LogP) is 3.79. The first-order valence-electron chi connectivity index (χ1n) is 12.0. The van der Waals surface area contributed by atoms with E-state index in [0.717, 1.165) is 22.3 Å². The van der Waals surface area contributed by atoms with Crippen LogP contribution in [-0.4, -0.2) is 65.9 Å². The average Bonchev–Trinajstić information content (AvgIpc) is 3.50. The summed E-state index contributed by atoms with van der Waals surface area (Å²) >= 11 is 0. The largest absolute Gasteiger partial charge is 0.479 e. The van der Waals surface area contributed by atoms with E-state index in [0.29, 0.717) is 0 Å². The molecule has 1 saturated heterocycles. The van der Waals surface area contributed by atoms with Crippen molar-refractivity contribution < 1.29 is 29.0 Å². The number of amides is 2. The molecule has 1 unspecified atom stereocenters. The molecular formula is C27H32N2O6. The normalized spacial score (nSPS) is 19.1. The molecule has 0 saturated carbocycles. The number of aliphatic carboxylic acids is 1. The zero-order valence-corrected chi connectivity index (χ0v) is 20.4. The average molecular weight is 481 g/mol. The van der Waals surface area contributed by atoms with Gasteiger partial charge in [0.25, 0.3) is 0 Å². The summed E-state index contributed by atoms with van der Waals surface area (Å²) in [5, 5.41) is 12.6. The molecule has 8 heteroatoms. The summed E-state index contributed by atoms with van der Waals surface area (Å²) in [4.78, 5) is 39.8. The van der Waals surface area contributed by atoms with Crippen molar-refractivity contribution >= 4 is 18.0 Å². The zero-order valence-electron chi connectivity index (χ0n) is 20.4. The Morgan fingerprint density at radius 1 is 1.09 bits per heavy atom. The van der Waals surface area contributed by atoms with Gasteiger partial charge in [-0.15, -0.1) is 0 Å². The molecule has 2 N–H and O–H groups in total. The number of rotatable bonds is 8. The lowest BCUT2D eigenvalue weighted by Crippen LogP contribution is -2.65. The number of alkyl carbamates (subject to hydrolysis) is 1. The Morgan fingerprint density at radius 3 is 2.14 bits per heavy atom. The maximum atomic E-state index is 13.6. The van der Waals surface area contributed by atoms with Crippen LogP contribution in [0.5, 0.6) is 0 Å². The van der Waals surface area contributed by atoms with E-state index in [2.05, 4.69) is 17.4 Å². The minimum Gasteiger partial charge on any atom is -0.479 e. The van der Waals surface area contributed by atoms with E-state index in [-0.39, 0.29) is 45.0 Å². The number of nitrogens with zero attached hydrogens (tertiary/aromatic N) is 1. The zero-order chi connectivity index (χ0) is 25.2. The molecule has 2 aliphatic rings. The van der Waals surface area contributed by atoms with E-state index in [1.807, 2.05) is 36.4 Å². The Hall–Kier alpha value is -3.39. The van der Waals surface area contributed by atoms with Crippen LogP contribution in [0.3, 0.4) is 0 Å². The summed E-state index contributed by atoms with van der Waals surface area (Å²) in [6, 6.07) is 16.1. The number of carboxylic acid groups (broad SMARTS) is 1. The molecule has 1 aliphatic carbocycles. The first-order valence-corrected chi connectivity index (χ1v) is 12.0. The van der Waals surface area contributed by atoms with Crippen molar-refractivity contribution in [3.63, 3.8) is 0 Å². The molecule has 4 rings (SSSR count). The first kappa shape index (κ1) is 24.7. The van der Waals surface area contributed by atoms with Gasteiger partial charge in [0.2, 0.25) is 5.91 Å². The molecule has 2 aromatic rings. The van der Waals surface area contributed by atoms with Crippen LogP contribution in [0.1, 0.15) is 50.2 Å². The smallest absolute Gasteiger partial charge is 0.408 e. The molecule has 186 valence electrons. The van der Waals surface area contributed by atoms with Crippen molar-refractivity contribution in [1.29, 1.82) is 0 Å². The third-order valence-corrected chi connectivity index (χ3v) is 7.65. The van der Waals surface area contributed by atoms with Crippen LogP contribution in [0.4, 0.5) is 4.79 Å². The third-order valence-electron chi connectivity index (χ3n) is 7.65. The summed E-state index contributed by atoms with van der Waals surface area (Å²) in [6.07, 6.45) is 0.0595. The number of fused-ring (bicyclic) bond motifs is 3. The summed E-state index contributed by atoms with van der Waals surface area (Å²) in [5.74, 6) is -1.69.